The minimum Gasteiger partial charge on any atom is -0.342 e. The van der Waals surface area contributed by atoms with Gasteiger partial charge in [-0.3, -0.25) is 0 Å². The number of hydrogen-bond acceptors (Lipinski definition) is 2. The minimum absolute atomic E-state index is 0.646. The van der Waals surface area contributed by atoms with Crippen LogP contribution in [0.5, 0.6) is 0 Å². The molecule has 0 bridgehead atoms. The van der Waals surface area contributed by atoms with Crippen molar-refractivity contribution >= 4 is 11.4 Å². The highest BCUT2D eigenvalue weighted by atomic mass is 15.1. The van der Waals surface area contributed by atoms with Crippen molar-refractivity contribution in [2.45, 2.75) is 0 Å². The van der Waals surface area contributed by atoms with E-state index in [9.17, 15) is 0 Å². The Morgan fingerprint density at radius 3 is 1.30 bits per heavy atom. The topological polar surface area (TPSA) is 24.1 Å². The summed E-state index contributed by atoms with van der Waals surface area (Å²) in [6.45, 7) is 11.9. The number of nitrogens with one attached hydrogen (secondary N) is 2. The molecule has 20 heavy (non-hydrogen) atoms. The molecular weight excluding hydrogens is 244 g/mol. The summed E-state index contributed by atoms with van der Waals surface area (Å²) < 4.78 is 0. The second kappa shape index (κ2) is 6.43. The first-order valence-electron chi connectivity index (χ1n) is 6.38. The maximum Gasteiger partial charge on any atom is 0.100 e. The lowest BCUT2D eigenvalue weighted by Gasteiger charge is -2.16. The van der Waals surface area contributed by atoms with Crippen LogP contribution in [0.4, 0.5) is 0 Å². The van der Waals surface area contributed by atoms with E-state index < -0.39 is 0 Å². The van der Waals surface area contributed by atoms with Crippen LogP contribution in [0.15, 0.2) is 86.2 Å². The highest BCUT2D eigenvalue weighted by Crippen LogP contribution is 2.12. The fourth-order valence-electron chi connectivity index (χ4n) is 1.82. The van der Waals surface area contributed by atoms with Crippen molar-refractivity contribution in [3.05, 3.63) is 97.3 Å². The summed E-state index contributed by atoms with van der Waals surface area (Å²) >= 11 is 0. The van der Waals surface area contributed by atoms with E-state index in [1.807, 2.05) is 60.7 Å². The van der Waals surface area contributed by atoms with Crippen molar-refractivity contribution in [2.75, 3.05) is 0 Å². The van der Waals surface area contributed by atoms with Crippen LogP contribution < -0.4 is 10.6 Å². The first kappa shape index (κ1) is 13.7. The summed E-state index contributed by atoms with van der Waals surface area (Å²) in [5, 5.41) is 6.27. The highest BCUT2D eigenvalue weighted by Gasteiger charge is 2.02. The third-order valence-electron chi connectivity index (χ3n) is 2.85. The van der Waals surface area contributed by atoms with Gasteiger partial charge in [-0.2, -0.15) is 0 Å². The molecule has 100 valence electrons. The van der Waals surface area contributed by atoms with E-state index in [0.717, 1.165) is 22.5 Å². The minimum atomic E-state index is 0.646. The summed E-state index contributed by atoms with van der Waals surface area (Å²) in [5.74, 6) is 0.646. The lowest BCUT2D eigenvalue weighted by molar-refractivity contribution is 0.950. The van der Waals surface area contributed by atoms with Crippen LogP contribution >= 0.6 is 0 Å². The third-order valence-corrected chi connectivity index (χ3v) is 2.85. The molecule has 0 fully saturated rings. The van der Waals surface area contributed by atoms with E-state index in [2.05, 4.69) is 30.4 Å². The molecule has 0 amide bonds. The van der Waals surface area contributed by atoms with Gasteiger partial charge in [0.25, 0.3) is 0 Å². The molecule has 0 aliphatic carbocycles. The van der Waals surface area contributed by atoms with Crippen molar-refractivity contribution in [3.8, 4) is 0 Å². The average molecular weight is 262 g/mol. The first-order valence-corrected chi connectivity index (χ1v) is 6.38. The maximum atomic E-state index is 4.00. The van der Waals surface area contributed by atoms with E-state index in [1.165, 1.54) is 0 Å². The fourth-order valence-corrected chi connectivity index (χ4v) is 1.82. The molecule has 2 aromatic carbocycles. The molecule has 0 heterocycles. The predicted molar refractivity (Wildman–Crippen MR) is 86.4 cm³/mol. The Hall–Kier alpha value is -2.74. The zero-order valence-electron chi connectivity index (χ0n) is 11.4. The van der Waals surface area contributed by atoms with Crippen LogP contribution in [0.1, 0.15) is 11.1 Å². The lowest BCUT2D eigenvalue weighted by atomic mass is 10.1. The van der Waals surface area contributed by atoms with Gasteiger partial charge < -0.3 is 10.6 Å². The van der Waals surface area contributed by atoms with Crippen LogP contribution in [0.25, 0.3) is 11.4 Å². The van der Waals surface area contributed by atoms with Gasteiger partial charge in [-0.1, -0.05) is 80.4 Å². The Labute approximate surface area is 120 Å². The molecule has 2 aromatic rings. The quantitative estimate of drug-likeness (QED) is 0.823. The van der Waals surface area contributed by atoms with Gasteiger partial charge in [0.1, 0.15) is 5.82 Å². The van der Waals surface area contributed by atoms with Crippen molar-refractivity contribution in [1.82, 2.24) is 10.6 Å². The molecule has 0 unspecified atom stereocenters. The van der Waals surface area contributed by atoms with Gasteiger partial charge in [-0.15, -0.1) is 0 Å². The molecule has 0 atom stereocenters. The standard InChI is InChI=1S/C18H18N2/c1-14(17-10-6-4-7-11-17)19-16(3)20-15(2)18-12-8-5-9-13-18/h4-13,19-20H,1-3H2. The highest BCUT2D eigenvalue weighted by molar-refractivity contribution is 5.66. The van der Waals surface area contributed by atoms with Gasteiger partial charge >= 0.3 is 0 Å². The molecule has 2 heteroatoms. The Morgan fingerprint density at radius 1 is 0.600 bits per heavy atom. The smallest absolute Gasteiger partial charge is 0.100 e. The van der Waals surface area contributed by atoms with E-state index >= 15 is 0 Å². The summed E-state index contributed by atoms with van der Waals surface area (Å²) in [6, 6.07) is 19.8. The molecular formula is C18H18N2. The Morgan fingerprint density at radius 2 is 0.950 bits per heavy atom. The summed E-state index contributed by atoms with van der Waals surface area (Å²) in [4.78, 5) is 0. The van der Waals surface area contributed by atoms with E-state index in [-0.39, 0.29) is 0 Å². The van der Waals surface area contributed by atoms with Crippen molar-refractivity contribution in [1.29, 1.82) is 0 Å². The van der Waals surface area contributed by atoms with E-state index in [1.54, 1.807) is 0 Å². The van der Waals surface area contributed by atoms with Crippen LogP contribution in [0.2, 0.25) is 0 Å². The largest absolute Gasteiger partial charge is 0.342 e. The van der Waals surface area contributed by atoms with Gasteiger partial charge in [0.15, 0.2) is 0 Å². The van der Waals surface area contributed by atoms with Gasteiger partial charge in [0, 0.05) is 11.4 Å². The number of rotatable bonds is 6. The van der Waals surface area contributed by atoms with Crippen LogP contribution in [-0.2, 0) is 0 Å². The van der Waals surface area contributed by atoms with Gasteiger partial charge in [0.05, 0.1) is 0 Å². The SMILES string of the molecule is C=C(NC(=C)c1ccccc1)NC(=C)c1ccccc1. The normalized spacial score (nSPS) is 9.60. The maximum absolute atomic E-state index is 4.00. The fraction of sp³-hybridized carbons (Fsp3) is 0. The summed E-state index contributed by atoms with van der Waals surface area (Å²) in [6.07, 6.45) is 0. The van der Waals surface area contributed by atoms with Crippen molar-refractivity contribution in [2.24, 2.45) is 0 Å². The van der Waals surface area contributed by atoms with Gasteiger partial charge in [-0.05, 0) is 11.1 Å². The Bertz CT molecular complexity index is 557. The second-order valence-corrected chi connectivity index (χ2v) is 4.42. The zero-order chi connectivity index (χ0) is 14.4. The van der Waals surface area contributed by atoms with Crippen LogP contribution in [-0.4, -0.2) is 0 Å². The van der Waals surface area contributed by atoms with Crippen LogP contribution in [0.3, 0.4) is 0 Å². The molecule has 0 spiro atoms. The molecule has 2 N–H and O–H groups in total. The average Bonchev–Trinajstić information content (AvgIpc) is 2.49. The first-order chi connectivity index (χ1) is 9.66. The zero-order valence-corrected chi connectivity index (χ0v) is 11.4. The number of hydrogen-bond donors (Lipinski definition) is 2. The molecule has 0 aliphatic heterocycles. The van der Waals surface area contributed by atoms with Crippen LogP contribution in [0, 0.1) is 0 Å². The van der Waals surface area contributed by atoms with Crippen molar-refractivity contribution < 1.29 is 0 Å². The summed E-state index contributed by atoms with van der Waals surface area (Å²) in [5.41, 5.74) is 3.65. The lowest BCUT2D eigenvalue weighted by Crippen LogP contribution is -2.22. The second-order valence-electron chi connectivity index (χ2n) is 4.42. The predicted octanol–water partition coefficient (Wildman–Crippen LogP) is 3.98. The molecule has 0 aliphatic rings. The third kappa shape index (κ3) is 3.62. The van der Waals surface area contributed by atoms with E-state index in [0.29, 0.717) is 5.82 Å². The molecule has 0 aromatic heterocycles. The summed E-state index contributed by atoms with van der Waals surface area (Å²) in [7, 11) is 0. The molecule has 0 saturated heterocycles. The molecule has 2 rings (SSSR count). The number of benzene rings is 2. The monoisotopic (exact) mass is 262 g/mol. The van der Waals surface area contributed by atoms with Gasteiger partial charge in [-0.25, -0.2) is 0 Å². The van der Waals surface area contributed by atoms with Crippen molar-refractivity contribution in [3.63, 3.8) is 0 Å². The van der Waals surface area contributed by atoms with E-state index in [4.69, 9.17) is 0 Å². The molecule has 2 nitrogen and oxygen atoms in total. The molecule has 0 saturated carbocycles. The Balaban J connectivity index is 1.93. The molecule has 0 radical (unpaired) electrons. The van der Waals surface area contributed by atoms with Gasteiger partial charge in [0.2, 0.25) is 0 Å². The Kier molecular flexibility index (Phi) is 4.40.